The third-order valence-corrected chi connectivity index (χ3v) is 4.03. The molecule has 6 nitrogen and oxygen atoms in total. The third kappa shape index (κ3) is 15.8. The molecule has 0 saturated heterocycles. The number of hydrogen-bond donors (Lipinski definition) is 0. The van der Waals surface area contributed by atoms with Gasteiger partial charge >= 0.3 is 35.5 Å². The molecular weight excluding hydrogens is 383 g/mol. The van der Waals surface area contributed by atoms with E-state index in [1.54, 1.807) is 0 Å². The minimum atomic E-state index is -1.23. The van der Waals surface area contributed by atoms with Gasteiger partial charge in [-0.2, -0.15) is 0 Å². The fraction of sp³-hybridized carbons (Fsp3) is 0.579. The number of carboxylic acids is 1. The van der Waals surface area contributed by atoms with E-state index < -0.39 is 18.0 Å². The van der Waals surface area contributed by atoms with Crippen molar-refractivity contribution in [2.75, 3.05) is 0 Å². The summed E-state index contributed by atoms with van der Waals surface area (Å²) in [6.45, 7) is 6.16. The van der Waals surface area contributed by atoms with Gasteiger partial charge in [-0.25, -0.2) is 4.79 Å². The van der Waals surface area contributed by atoms with Crippen molar-refractivity contribution in [3.63, 3.8) is 0 Å². The third-order valence-electron chi connectivity index (χ3n) is 3.57. The maximum Gasteiger partial charge on any atom is 1.00 e. The van der Waals surface area contributed by atoms with Crippen LogP contribution in [0.15, 0.2) is 25.3 Å². The molecule has 0 aromatic heterocycles. The molecule has 0 amide bonds. The van der Waals surface area contributed by atoms with Gasteiger partial charge in [-0.05, 0) is 38.2 Å². The average molecular weight is 411 g/mol. The topological polar surface area (TPSA) is 101 Å². The number of ketones is 2. The second-order valence-electron chi connectivity index (χ2n) is 5.54. The Bertz CT molecular complexity index is 506. The quantitative estimate of drug-likeness (QED) is 0.270. The Morgan fingerprint density at radius 1 is 1.00 bits per heavy atom. The maximum atomic E-state index is 11.1. The van der Waals surface area contributed by atoms with Crippen molar-refractivity contribution in [2.24, 2.45) is 0 Å². The fourth-order valence-corrected chi connectivity index (χ4v) is 2.47. The molecule has 2 aliphatic rings. The van der Waals surface area contributed by atoms with Gasteiger partial charge in [0.05, 0.1) is 11.3 Å². The van der Waals surface area contributed by atoms with E-state index in [1.807, 2.05) is 0 Å². The molecule has 2 rings (SSSR count). The van der Waals surface area contributed by atoms with Gasteiger partial charge in [0.25, 0.3) is 0 Å². The number of esters is 1. The number of Topliss-reactive ketones (excluding diaryl/α,β-unsaturated/α-hetero) is 2. The molecule has 0 aromatic carbocycles. The molecule has 2 aliphatic carbocycles. The second kappa shape index (κ2) is 18.4. The molecule has 2 saturated carbocycles. The van der Waals surface area contributed by atoms with Crippen molar-refractivity contribution < 1.29 is 58.6 Å². The van der Waals surface area contributed by atoms with Crippen molar-refractivity contribution in [2.45, 2.75) is 70.3 Å². The zero-order valence-electron chi connectivity index (χ0n) is 15.2. The molecule has 0 radical (unpaired) electrons. The molecule has 2 fully saturated rings. The van der Waals surface area contributed by atoms with E-state index in [1.165, 1.54) is 0 Å². The van der Waals surface area contributed by atoms with Crippen LogP contribution in [0, 0.1) is 0 Å². The van der Waals surface area contributed by atoms with E-state index in [2.05, 4.69) is 13.2 Å². The van der Waals surface area contributed by atoms with Gasteiger partial charge < -0.3 is 14.6 Å². The Labute approximate surface area is 188 Å². The number of halogens is 1. The number of carboxylic acid groups (broad SMARTS) is 1. The average Bonchev–Trinajstić information content (AvgIpc) is 2.60. The van der Waals surface area contributed by atoms with Gasteiger partial charge in [0.15, 0.2) is 17.7 Å². The molecule has 0 aromatic rings. The van der Waals surface area contributed by atoms with Crippen LogP contribution in [0.2, 0.25) is 0 Å². The van der Waals surface area contributed by atoms with Gasteiger partial charge in [-0.15, -0.1) is 11.6 Å². The summed E-state index contributed by atoms with van der Waals surface area (Å²) in [4.78, 5) is 41.7. The molecule has 2 atom stereocenters. The van der Waals surface area contributed by atoms with Crippen molar-refractivity contribution in [3.05, 3.63) is 25.3 Å². The summed E-state index contributed by atoms with van der Waals surface area (Å²) in [7, 11) is 0. The Balaban J connectivity index is -0.000000337. The van der Waals surface area contributed by atoms with Crippen molar-refractivity contribution in [3.8, 4) is 0 Å². The predicted molar refractivity (Wildman–Crippen MR) is 98.6 cm³/mol. The van der Waals surface area contributed by atoms with Crippen LogP contribution in [0.25, 0.3) is 0 Å². The van der Waals surface area contributed by atoms with Gasteiger partial charge in [0.2, 0.25) is 0 Å². The molecule has 2 unspecified atom stereocenters. The second-order valence-corrected chi connectivity index (χ2v) is 6.07. The van der Waals surface area contributed by atoms with E-state index in [-0.39, 0.29) is 53.9 Å². The first-order valence-electron chi connectivity index (χ1n) is 8.17. The maximum absolute atomic E-state index is 11.1. The standard InChI is InChI=1S/C9H12O3.C6H9ClO.C3H4O2.CH4.Na/c1-2-9(11)12-8-6-4-3-5-7(8)10;7-5-3-1-2-4-6(5)8;1-2-3(4)5;;/h2,8H,1,3-6H2;5H,1-4H2;2H,1H2,(H,4,5);1H4;/q;;;;+1/p-1. The number of aliphatic carboxylic acids is 1. The number of ether oxygens (including phenoxy) is 1. The summed E-state index contributed by atoms with van der Waals surface area (Å²) >= 11 is 5.62. The molecule has 148 valence electrons. The Hall–Kier alpha value is -0.950. The first-order chi connectivity index (χ1) is 11.8. The Kier molecular flexibility index (Phi) is 21.0. The zero-order valence-corrected chi connectivity index (χ0v) is 18.0. The number of carbonyl (C=O) groups is 4. The minimum absolute atomic E-state index is 0. The van der Waals surface area contributed by atoms with E-state index in [9.17, 15) is 14.4 Å². The SMILES string of the molecule is C.C=CC(=O)OC1CCCCC1=O.C=CC(=O)[O-].O=C1CCCCC1Cl.[Na+]. The van der Waals surface area contributed by atoms with Crippen LogP contribution in [0.4, 0.5) is 0 Å². The van der Waals surface area contributed by atoms with Gasteiger partial charge in [-0.3, -0.25) is 9.59 Å². The smallest absolute Gasteiger partial charge is 0.545 e. The van der Waals surface area contributed by atoms with Crippen LogP contribution in [-0.4, -0.2) is 35.0 Å². The zero-order chi connectivity index (χ0) is 19.2. The van der Waals surface area contributed by atoms with E-state index >= 15 is 0 Å². The summed E-state index contributed by atoms with van der Waals surface area (Å²) < 4.78 is 4.85. The molecular formula is C19H28ClNaO6. The van der Waals surface area contributed by atoms with E-state index in [4.69, 9.17) is 26.2 Å². The van der Waals surface area contributed by atoms with Crippen molar-refractivity contribution in [1.82, 2.24) is 0 Å². The van der Waals surface area contributed by atoms with Crippen LogP contribution in [0.5, 0.6) is 0 Å². The van der Waals surface area contributed by atoms with Gasteiger partial charge in [0, 0.05) is 18.9 Å². The van der Waals surface area contributed by atoms with Crippen LogP contribution < -0.4 is 34.7 Å². The summed E-state index contributed by atoms with van der Waals surface area (Å²) in [5.74, 6) is -1.46. The van der Waals surface area contributed by atoms with E-state index in [0.717, 1.165) is 44.3 Å². The van der Waals surface area contributed by atoms with Gasteiger partial charge in [0.1, 0.15) is 0 Å². The molecule has 27 heavy (non-hydrogen) atoms. The molecule has 0 spiro atoms. The monoisotopic (exact) mass is 410 g/mol. The van der Waals surface area contributed by atoms with Crippen LogP contribution in [0.1, 0.15) is 58.8 Å². The van der Waals surface area contributed by atoms with Gasteiger partial charge in [-0.1, -0.05) is 27.0 Å². The summed E-state index contributed by atoms with van der Waals surface area (Å²) in [5.41, 5.74) is 0. The number of hydrogen-bond acceptors (Lipinski definition) is 6. The van der Waals surface area contributed by atoms with Crippen LogP contribution in [0.3, 0.4) is 0 Å². The fourth-order valence-electron chi connectivity index (χ4n) is 2.20. The largest absolute Gasteiger partial charge is 1.00 e. The summed E-state index contributed by atoms with van der Waals surface area (Å²) in [6.07, 6.45) is 8.14. The predicted octanol–water partition coefficient (Wildman–Crippen LogP) is -0.473. The number of rotatable bonds is 3. The molecule has 0 aliphatic heterocycles. The first-order valence-corrected chi connectivity index (χ1v) is 8.61. The molecule has 0 bridgehead atoms. The van der Waals surface area contributed by atoms with Crippen molar-refractivity contribution >= 4 is 35.1 Å². The Morgan fingerprint density at radius 3 is 1.81 bits per heavy atom. The normalized spacial score (nSPS) is 20.6. The first kappa shape index (κ1) is 30.8. The van der Waals surface area contributed by atoms with Crippen LogP contribution >= 0.6 is 11.6 Å². The van der Waals surface area contributed by atoms with Crippen LogP contribution in [-0.2, 0) is 23.9 Å². The van der Waals surface area contributed by atoms with E-state index in [0.29, 0.717) is 19.3 Å². The molecule has 0 heterocycles. The summed E-state index contributed by atoms with van der Waals surface area (Å²) in [6, 6.07) is 0. The Morgan fingerprint density at radius 2 is 1.48 bits per heavy atom. The minimum Gasteiger partial charge on any atom is -0.545 e. The number of alkyl halides is 1. The summed E-state index contributed by atoms with van der Waals surface area (Å²) in [5, 5.41) is 8.98. The number of carbonyl (C=O) groups excluding carboxylic acids is 4. The molecule has 8 heteroatoms. The van der Waals surface area contributed by atoms with Crippen molar-refractivity contribution in [1.29, 1.82) is 0 Å². The molecule has 0 N–H and O–H groups in total.